The third kappa shape index (κ3) is 14.0. The van der Waals surface area contributed by atoms with E-state index in [1.54, 1.807) is 0 Å². The Balaban J connectivity index is 0.000000233. The zero-order chi connectivity index (χ0) is 39.3. The Hall–Kier alpha value is -3.43. The van der Waals surface area contributed by atoms with Crippen LogP contribution in [0.5, 0.6) is 0 Å². The number of rotatable bonds is 14. The second-order valence-electron chi connectivity index (χ2n) is 14.1. The molecule has 0 aromatic heterocycles. The number of halogens is 2. The summed E-state index contributed by atoms with van der Waals surface area (Å²) in [5.41, 5.74) is 11.4. The first-order valence-electron chi connectivity index (χ1n) is 18.9. The van der Waals surface area contributed by atoms with Crippen molar-refractivity contribution in [3.05, 3.63) is 131 Å². The molecule has 0 fully saturated rings. The third-order valence-electron chi connectivity index (χ3n) is 8.87. The van der Waals surface area contributed by atoms with Crippen LogP contribution in [0.15, 0.2) is 109 Å². The Morgan fingerprint density at radius 1 is 0.611 bits per heavy atom. The molecule has 6 aromatic carbocycles. The van der Waals surface area contributed by atoms with Gasteiger partial charge >= 0.3 is 45.4 Å². The maximum absolute atomic E-state index is 9.38. The SMILES string of the molecule is CCCc1cc2c(-c3ccccc3CC(C)C)cccc2[cH-]1.CCCc1cc2c(-c3ccccc3CC(C)C)cccc2[cH-]1.O=CN[B]NC=O.[Cl][Zr+2][Cl]. The Bertz CT molecular complexity index is 1860. The molecular weight excluding hydrogens is 785 g/mol. The van der Waals surface area contributed by atoms with Crippen molar-refractivity contribution in [1.29, 1.82) is 0 Å². The first-order valence-corrected chi connectivity index (χ1v) is 25.2. The monoisotopic (exact) mass is 837 g/mol. The van der Waals surface area contributed by atoms with Gasteiger partial charge < -0.3 is 10.5 Å². The summed E-state index contributed by atoms with van der Waals surface area (Å²) in [6.45, 7) is 13.7. The van der Waals surface area contributed by atoms with Gasteiger partial charge in [-0.2, -0.15) is 12.1 Å². The fourth-order valence-corrected chi connectivity index (χ4v) is 6.85. The quantitative estimate of drug-likeness (QED) is 0.0497. The topological polar surface area (TPSA) is 58.2 Å². The zero-order valence-electron chi connectivity index (χ0n) is 32.6. The summed E-state index contributed by atoms with van der Waals surface area (Å²) in [4.78, 5) is 18.8. The number of amides is 2. The molecule has 0 aliphatic rings. The van der Waals surface area contributed by atoms with Crippen LogP contribution in [-0.2, 0) is 56.1 Å². The molecule has 0 aliphatic carbocycles. The van der Waals surface area contributed by atoms with E-state index in [2.05, 4.69) is 161 Å². The van der Waals surface area contributed by atoms with E-state index >= 15 is 0 Å². The Kier molecular flexibility index (Phi) is 20.7. The van der Waals surface area contributed by atoms with E-state index in [9.17, 15) is 9.59 Å². The van der Waals surface area contributed by atoms with Gasteiger partial charge in [-0.3, -0.25) is 9.59 Å². The average molecular weight is 840 g/mol. The number of fused-ring (bicyclic) bond motifs is 2. The minimum atomic E-state index is -0.826. The van der Waals surface area contributed by atoms with Gasteiger partial charge in [0.25, 0.3) is 0 Å². The van der Waals surface area contributed by atoms with Gasteiger partial charge in [0.2, 0.25) is 0 Å². The maximum atomic E-state index is 9.38. The predicted molar refractivity (Wildman–Crippen MR) is 231 cm³/mol. The molecule has 0 atom stereocenters. The van der Waals surface area contributed by atoms with Gasteiger partial charge in [-0.15, -0.1) is 69.1 Å². The Morgan fingerprint density at radius 2 is 0.981 bits per heavy atom. The van der Waals surface area contributed by atoms with Gasteiger partial charge in [-0.1, -0.05) is 126 Å². The van der Waals surface area contributed by atoms with Crippen LogP contribution in [-0.4, -0.2) is 20.4 Å². The summed E-state index contributed by atoms with van der Waals surface area (Å²) >= 11 is -0.826. The molecule has 0 heterocycles. The van der Waals surface area contributed by atoms with Gasteiger partial charge in [0, 0.05) is 0 Å². The summed E-state index contributed by atoms with van der Waals surface area (Å²) in [7, 11) is 11.0. The summed E-state index contributed by atoms with van der Waals surface area (Å²) < 4.78 is 0. The predicted octanol–water partition coefficient (Wildman–Crippen LogP) is 12.1. The van der Waals surface area contributed by atoms with Crippen LogP contribution in [0.2, 0.25) is 0 Å². The van der Waals surface area contributed by atoms with Gasteiger partial charge in [0.1, 0.15) is 0 Å². The van der Waals surface area contributed by atoms with Crippen molar-refractivity contribution < 1.29 is 30.4 Å². The van der Waals surface area contributed by atoms with Gasteiger partial charge in [0.15, 0.2) is 12.8 Å². The molecule has 2 N–H and O–H groups in total. The molecule has 2 amide bonds. The van der Waals surface area contributed by atoms with Crippen molar-refractivity contribution in [2.75, 3.05) is 0 Å². The molecule has 54 heavy (non-hydrogen) atoms. The Morgan fingerprint density at radius 3 is 1.33 bits per heavy atom. The number of nitrogens with one attached hydrogen (secondary N) is 2. The third-order valence-corrected chi connectivity index (χ3v) is 8.87. The molecule has 0 unspecified atom stereocenters. The van der Waals surface area contributed by atoms with Crippen LogP contribution in [0, 0.1) is 11.8 Å². The normalized spacial score (nSPS) is 10.3. The number of carbonyl (C=O) groups excluding carboxylic acids is 2. The second-order valence-corrected chi connectivity index (χ2v) is 17.9. The summed E-state index contributed by atoms with van der Waals surface area (Å²) in [5.74, 6) is 1.35. The second kappa shape index (κ2) is 24.9. The van der Waals surface area contributed by atoms with Crippen LogP contribution >= 0.6 is 17.0 Å². The first kappa shape index (κ1) is 45.0. The van der Waals surface area contributed by atoms with Crippen molar-refractivity contribution >= 4 is 58.9 Å². The summed E-state index contributed by atoms with van der Waals surface area (Å²) in [6, 6.07) is 40.7. The number of benzene rings is 4. The van der Waals surface area contributed by atoms with Gasteiger partial charge in [0.05, 0.1) is 0 Å². The van der Waals surface area contributed by atoms with E-state index in [0.29, 0.717) is 24.7 Å². The van der Waals surface area contributed by atoms with E-state index in [0.717, 1.165) is 20.4 Å². The molecule has 0 aliphatic heterocycles. The average Bonchev–Trinajstić information content (AvgIpc) is 3.77. The van der Waals surface area contributed by atoms with Crippen molar-refractivity contribution in [2.24, 2.45) is 11.8 Å². The molecule has 0 spiro atoms. The van der Waals surface area contributed by atoms with E-state index in [1.807, 2.05) is 0 Å². The molecule has 0 saturated carbocycles. The van der Waals surface area contributed by atoms with Crippen LogP contribution in [0.4, 0.5) is 0 Å². The van der Waals surface area contributed by atoms with E-state index < -0.39 is 20.8 Å². The summed E-state index contributed by atoms with van der Waals surface area (Å²) in [6.07, 6.45) is 7.92. The van der Waals surface area contributed by atoms with Crippen LogP contribution in [0.25, 0.3) is 43.8 Å². The van der Waals surface area contributed by atoms with Crippen LogP contribution in [0.1, 0.15) is 76.6 Å². The van der Waals surface area contributed by atoms with E-state index in [4.69, 9.17) is 17.0 Å². The van der Waals surface area contributed by atoms with E-state index in [1.165, 1.54) is 91.7 Å². The minimum absolute atomic E-state index is 0.455. The van der Waals surface area contributed by atoms with Gasteiger partial charge in [-0.25, -0.2) is 0 Å². The Labute approximate surface area is 343 Å². The number of hydrogen-bond donors (Lipinski definition) is 2. The fourth-order valence-electron chi connectivity index (χ4n) is 6.85. The van der Waals surface area contributed by atoms with Gasteiger partial charge in [-0.05, 0) is 59.8 Å². The summed E-state index contributed by atoms with van der Waals surface area (Å²) in [5, 5.41) is 9.76. The molecule has 6 aromatic rings. The van der Waals surface area contributed by atoms with Crippen LogP contribution < -0.4 is 10.5 Å². The number of hydrogen-bond acceptors (Lipinski definition) is 2. The standard InChI is InChI=1S/2C22H25.C2H4BN2O2.2ClH.Zr/c2*1-4-8-17-14-19-10-7-12-21(22(19)15-17)20-11-6-5-9-18(20)13-16(2)3;6-1-4-3-5-2-7;;;/h2*5-7,9-12,14-16H,4,8,13H2,1-3H3;1-2H,(H,4,6)(H,5,7);2*1H;/q2*-1;;;;+4/p-2. The van der Waals surface area contributed by atoms with Crippen LogP contribution in [0.3, 0.4) is 0 Å². The fraction of sp³-hybridized carbons (Fsp3) is 0.304. The molecule has 4 nitrogen and oxygen atoms in total. The molecule has 8 heteroatoms. The molecule has 281 valence electrons. The van der Waals surface area contributed by atoms with Crippen molar-refractivity contribution in [1.82, 2.24) is 10.5 Å². The first-order chi connectivity index (χ1) is 26.2. The number of carbonyl (C=O) groups is 2. The van der Waals surface area contributed by atoms with E-state index in [-0.39, 0.29) is 0 Å². The molecule has 0 bridgehead atoms. The molecule has 6 rings (SSSR count). The van der Waals surface area contributed by atoms with Crippen molar-refractivity contribution in [2.45, 2.75) is 80.1 Å². The number of aryl methyl sites for hydroxylation is 2. The van der Waals surface area contributed by atoms with Crippen molar-refractivity contribution in [3.63, 3.8) is 0 Å². The zero-order valence-corrected chi connectivity index (χ0v) is 36.6. The molecule has 0 saturated heterocycles. The molecular formula is C46H54BCl2N2O2Zr. The van der Waals surface area contributed by atoms with Crippen molar-refractivity contribution in [3.8, 4) is 22.3 Å². The molecule has 1 radical (unpaired) electrons.